The minimum Gasteiger partial charge on any atom is -0.444 e. The second-order valence-corrected chi connectivity index (χ2v) is 5.31. The highest BCUT2D eigenvalue weighted by atomic mass is 19.4. The van der Waals surface area contributed by atoms with Gasteiger partial charge in [-0.1, -0.05) is 30.3 Å². The Hall–Kier alpha value is -3.36. The van der Waals surface area contributed by atoms with E-state index >= 15 is 0 Å². The second-order valence-electron chi connectivity index (χ2n) is 5.31. The van der Waals surface area contributed by atoms with E-state index in [9.17, 15) is 22.8 Å². The first-order chi connectivity index (χ1) is 12.3. The van der Waals surface area contributed by atoms with Crippen LogP contribution in [0.5, 0.6) is 0 Å². The summed E-state index contributed by atoms with van der Waals surface area (Å²) in [6, 6.07) is 10.7. The summed E-state index contributed by atoms with van der Waals surface area (Å²) in [5.41, 5.74) is -1.38. The minimum atomic E-state index is -4.61. The molecule has 9 heteroatoms. The summed E-state index contributed by atoms with van der Waals surface area (Å²) in [5, 5.41) is 2.19. The van der Waals surface area contributed by atoms with Gasteiger partial charge in [0.2, 0.25) is 0 Å². The standard InChI is InChI=1S/C17H12F3N3O3/c18-17(19,20)12-6-7-14-21-8-13(15(24)23(14)9-12)22-16(25)26-10-11-4-2-1-3-5-11/h1-9H,10H2,(H,22,25). The summed E-state index contributed by atoms with van der Waals surface area (Å²) in [6.45, 7) is -0.0206. The van der Waals surface area contributed by atoms with E-state index in [1.165, 1.54) is 0 Å². The number of nitrogens with zero attached hydrogens (tertiary/aromatic N) is 2. The van der Waals surface area contributed by atoms with E-state index in [-0.39, 0.29) is 17.9 Å². The Morgan fingerprint density at radius 1 is 1.15 bits per heavy atom. The predicted molar refractivity (Wildman–Crippen MR) is 86.7 cm³/mol. The van der Waals surface area contributed by atoms with Crippen LogP contribution in [-0.2, 0) is 17.5 Å². The maximum absolute atomic E-state index is 12.8. The van der Waals surface area contributed by atoms with Crippen molar-refractivity contribution in [3.05, 3.63) is 76.3 Å². The molecule has 0 unspecified atom stereocenters. The summed E-state index contributed by atoms with van der Waals surface area (Å²) >= 11 is 0. The van der Waals surface area contributed by atoms with Crippen molar-refractivity contribution in [3.63, 3.8) is 0 Å². The van der Waals surface area contributed by atoms with E-state index in [0.29, 0.717) is 6.20 Å². The van der Waals surface area contributed by atoms with Crippen LogP contribution in [0.1, 0.15) is 11.1 Å². The molecule has 1 N–H and O–H groups in total. The van der Waals surface area contributed by atoms with Crippen molar-refractivity contribution in [2.24, 2.45) is 0 Å². The molecule has 0 saturated heterocycles. The van der Waals surface area contributed by atoms with Crippen LogP contribution in [0.15, 0.2) is 59.7 Å². The van der Waals surface area contributed by atoms with Gasteiger partial charge in [-0.25, -0.2) is 9.78 Å². The third-order valence-corrected chi connectivity index (χ3v) is 3.48. The first-order valence-electron chi connectivity index (χ1n) is 7.41. The van der Waals surface area contributed by atoms with Crippen LogP contribution in [0.3, 0.4) is 0 Å². The highest BCUT2D eigenvalue weighted by Crippen LogP contribution is 2.28. The summed E-state index contributed by atoms with van der Waals surface area (Å²) in [6.07, 6.45) is -3.83. The van der Waals surface area contributed by atoms with Crippen molar-refractivity contribution >= 4 is 17.4 Å². The predicted octanol–water partition coefficient (Wildman–Crippen LogP) is 3.46. The Labute approximate surface area is 144 Å². The third-order valence-electron chi connectivity index (χ3n) is 3.48. The van der Waals surface area contributed by atoms with Crippen LogP contribution in [0, 0.1) is 0 Å². The molecular formula is C17H12F3N3O3. The van der Waals surface area contributed by atoms with Crippen molar-refractivity contribution in [2.75, 3.05) is 5.32 Å². The number of amides is 1. The molecule has 1 aromatic carbocycles. The Morgan fingerprint density at radius 2 is 1.88 bits per heavy atom. The Bertz CT molecular complexity index is 1000. The van der Waals surface area contributed by atoms with Gasteiger partial charge < -0.3 is 4.74 Å². The van der Waals surface area contributed by atoms with E-state index < -0.39 is 23.4 Å². The fourth-order valence-electron chi connectivity index (χ4n) is 2.20. The quantitative estimate of drug-likeness (QED) is 0.774. The minimum absolute atomic E-state index is 0.0196. The number of benzene rings is 1. The molecule has 1 amide bonds. The van der Waals surface area contributed by atoms with Gasteiger partial charge in [-0.15, -0.1) is 0 Å². The number of alkyl halides is 3. The molecule has 0 aliphatic carbocycles. The molecule has 0 saturated carbocycles. The van der Waals surface area contributed by atoms with Gasteiger partial charge in [0.25, 0.3) is 5.56 Å². The zero-order valence-electron chi connectivity index (χ0n) is 13.2. The number of pyridine rings is 1. The molecule has 0 aliphatic heterocycles. The molecule has 26 heavy (non-hydrogen) atoms. The first-order valence-corrected chi connectivity index (χ1v) is 7.41. The molecule has 134 valence electrons. The maximum Gasteiger partial charge on any atom is 0.417 e. The van der Waals surface area contributed by atoms with Crippen LogP contribution < -0.4 is 10.9 Å². The number of anilines is 1. The van der Waals surface area contributed by atoms with Gasteiger partial charge in [0.1, 0.15) is 17.9 Å². The highest BCUT2D eigenvalue weighted by molar-refractivity contribution is 5.84. The Balaban J connectivity index is 1.80. The smallest absolute Gasteiger partial charge is 0.417 e. The lowest BCUT2D eigenvalue weighted by molar-refractivity contribution is -0.137. The molecule has 3 aromatic rings. The first kappa shape index (κ1) is 17.5. The molecular weight excluding hydrogens is 351 g/mol. The molecule has 0 aliphatic rings. The summed E-state index contributed by atoms with van der Waals surface area (Å²) in [7, 11) is 0. The number of aromatic nitrogens is 2. The second kappa shape index (κ2) is 6.87. The number of halogens is 3. The molecule has 2 aromatic heterocycles. The van der Waals surface area contributed by atoms with Crippen molar-refractivity contribution in [3.8, 4) is 0 Å². The van der Waals surface area contributed by atoms with E-state index in [0.717, 1.165) is 28.3 Å². The van der Waals surface area contributed by atoms with Crippen LogP contribution in [0.2, 0.25) is 0 Å². The molecule has 0 atom stereocenters. The Kier molecular flexibility index (Phi) is 4.61. The van der Waals surface area contributed by atoms with Crippen molar-refractivity contribution < 1.29 is 22.7 Å². The number of hydrogen-bond donors (Lipinski definition) is 1. The summed E-state index contributed by atoms with van der Waals surface area (Å²) in [4.78, 5) is 28.0. The number of nitrogens with one attached hydrogen (secondary N) is 1. The SMILES string of the molecule is O=C(Nc1cnc2ccc(C(F)(F)F)cn2c1=O)OCc1ccccc1. The van der Waals surface area contributed by atoms with E-state index in [2.05, 4.69) is 10.3 Å². The average molecular weight is 363 g/mol. The number of hydrogen-bond acceptors (Lipinski definition) is 4. The number of carbonyl (C=O) groups excluding carboxylic acids is 1. The van der Waals surface area contributed by atoms with Crippen LogP contribution >= 0.6 is 0 Å². The van der Waals surface area contributed by atoms with Crippen LogP contribution in [-0.4, -0.2) is 15.5 Å². The molecule has 0 fully saturated rings. The average Bonchev–Trinajstić information content (AvgIpc) is 2.62. The van der Waals surface area contributed by atoms with Gasteiger partial charge in [0.15, 0.2) is 0 Å². The maximum atomic E-state index is 12.8. The fourth-order valence-corrected chi connectivity index (χ4v) is 2.20. The van der Waals surface area contributed by atoms with E-state index in [1.54, 1.807) is 30.3 Å². The molecule has 0 spiro atoms. The largest absolute Gasteiger partial charge is 0.444 e. The lowest BCUT2D eigenvalue weighted by Gasteiger charge is -2.10. The van der Waals surface area contributed by atoms with Crippen molar-refractivity contribution in [2.45, 2.75) is 12.8 Å². The van der Waals surface area contributed by atoms with Gasteiger partial charge in [-0.2, -0.15) is 13.2 Å². The zero-order chi connectivity index (χ0) is 18.7. The van der Waals surface area contributed by atoms with Gasteiger partial charge in [-0.3, -0.25) is 14.5 Å². The van der Waals surface area contributed by atoms with Crippen LogP contribution in [0.4, 0.5) is 23.7 Å². The van der Waals surface area contributed by atoms with Gasteiger partial charge >= 0.3 is 12.3 Å². The van der Waals surface area contributed by atoms with Crippen molar-refractivity contribution in [1.82, 2.24) is 9.38 Å². The number of fused-ring (bicyclic) bond motifs is 1. The lowest BCUT2D eigenvalue weighted by atomic mass is 10.2. The topological polar surface area (TPSA) is 72.7 Å². The molecule has 0 bridgehead atoms. The zero-order valence-corrected chi connectivity index (χ0v) is 13.2. The molecule has 2 heterocycles. The number of carbonyl (C=O) groups is 1. The van der Waals surface area contributed by atoms with Crippen molar-refractivity contribution in [1.29, 1.82) is 0 Å². The normalized spacial score (nSPS) is 11.3. The third kappa shape index (κ3) is 3.82. The van der Waals surface area contributed by atoms with Gasteiger partial charge in [-0.05, 0) is 17.7 Å². The van der Waals surface area contributed by atoms with Gasteiger partial charge in [0, 0.05) is 6.20 Å². The summed E-state index contributed by atoms with van der Waals surface area (Å²) in [5.74, 6) is 0. The summed E-state index contributed by atoms with van der Waals surface area (Å²) < 4.78 is 44.1. The lowest BCUT2D eigenvalue weighted by Crippen LogP contribution is -2.24. The number of rotatable bonds is 3. The molecule has 3 rings (SSSR count). The van der Waals surface area contributed by atoms with Gasteiger partial charge in [0.05, 0.1) is 11.8 Å². The Morgan fingerprint density at radius 3 is 2.58 bits per heavy atom. The number of ether oxygens (including phenoxy) is 1. The highest BCUT2D eigenvalue weighted by Gasteiger charge is 2.31. The molecule has 0 radical (unpaired) electrons. The van der Waals surface area contributed by atoms with E-state index in [4.69, 9.17) is 4.74 Å². The monoisotopic (exact) mass is 363 g/mol. The van der Waals surface area contributed by atoms with E-state index in [1.807, 2.05) is 0 Å². The fraction of sp³-hybridized carbons (Fsp3) is 0.118. The van der Waals surface area contributed by atoms with Crippen LogP contribution in [0.25, 0.3) is 5.65 Å². The molecule has 6 nitrogen and oxygen atoms in total.